The number of ether oxygens (including phenoxy) is 1. The van der Waals surface area contributed by atoms with Crippen LogP contribution in [-0.2, 0) is 11.3 Å². The molecule has 0 radical (unpaired) electrons. The Hall–Kier alpha value is -2.31. The van der Waals surface area contributed by atoms with Gasteiger partial charge in [-0.05, 0) is 56.6 Å². The summed E-state index contributed by atoms with van der Waals surface area (Å²) < 4.78 is 5.93. The maximum atomic E-state index is 12.6. The third-order valence-corrected chi connectivity index (χ3v) is 5.87. The molecule has 1 spiro atoms. The lowest BCUT2D eigenvalue weighted by Crippen LogP contribution is -2.72. The molecular formula is C21H26N4O2. The zero-order valence-electron chi connectivity index (χ0n) is 15.8. The molecule has 2 aliphatic rings. The van der Waals surface area contributed by atoms with Gasteiger partial charge in [-0.2, -0.15) is 0 Å². The highest BCUT2D eigenvalue weighted by atomic mass is 16.5. The number of nitrogens with zero attached hydrogens (tertiary/aromatic N) is 4. The van der Waals surface area contributed by atoms with Gasteiger partial charge in [0, 0.05) is 37.2 Å². The summed E-state index contributed by atoms with van der Waals surface area (Å²) in [6.45, 7) is 3.95. The Bertz CT molecular complexity index is 762. The lowest BCUT2D eigenvalue weighted by Gasteiger charge is -2.58. The summed E-state index contributed by atoms with van der Waals surface area (Å²) in [4.78, 5) is 25.3. The number of piperidine rings is 1. The van der Waals surface area contributed by atoms with E-state index < -0.39 is 0 Å². The van der Waals surface area contributed by atoms with Gasteiger partial charge in [-0.25, -0.2) is 0 Å². The highest BCUT2D eigenvalue weighted by molar-refractivity contribution is 5.94. The van der Waals surface area contributed by atoms with Crippen molar-refractivity contribution in [3.05, 3.63) is 60.2 Å². The molecule has 6 heteroatoms. The molecule has 0 aliphatic carbocycles. The van der Waals surface area contributed by atoms with Gasteiger partial charge in [0.25, 0.3) is 5.91 Å². The standard InChI is InChI=1S/C21H26N4O2/c1-24-11-7-17(13-27-14-19-4-2-3-8-23-19)12-21(24)15-25(16-21)20(26)18-5-9-22-10-6-18/h2-6,8-10,17H,7,11-16H2,1H3/t17-/m1/s1. The van der Waals surface area contributed by atoms with Crippen molar-refractivity contribution < 1.29 is 9.53 Å². The fraction of sp³-hybridized carbons (Fsp3) is 0.476. The molecule has 1 atom stereocenters. The van der Waals surface area contributed by atoms with Gasteiger partial charge in [-0.1, -0.05) is 6.07 Å². The SMILES string of the molecule is CN1CC[C@@H](COCc2ccccn2)CC12CN(C(=O)c1ccncc1)C2. The van der Waals surface area contributed by atoms with E-state index in [1.54, 1.807) is 30.7 Å². The lowest BCUT2D eigenvalue weighted by molar-refractivity contribution is -0.0769. The Balaban J connectivity index is 1.30. The number of pyridine rings is 2. The third kappa shape index (κ3) is 3.87. The number of aromatic nitrogens is 2. The fourth-order valence-electron chi connectivity index (χ4n) is 4.22. The molecule has 0 bridgehead atoms. The average molecular weight is 366 g/mol. The first-order valence-electron chi connectivity index (χ1n) is 9.54. The van der Waals surface area contributed by atoms with Crippen molar-refractivity contribution in [3.63, 3.8) is 0 Å². The van der Waals surface area contributed by atoms with Crippen LogP contribution in [0.15, 0.2) is 48.9 Å². The van der Waals surface area contributed by atoms with Crippen LogP contribution < -0.4 is 0 Å². The first-order valence-corrected chi connectivity index (χ1v) is 9.54. The van der Waals surface area contributed by atoms with Crippen LogP contribution in [0.25, 0.3) is 0 Å². The van der Waals surface area contributed by atoms with Gasteiger partial charge >= 0.3 is 0 Å². The summed E-state index contributed by atoms with van der Waals surface area (Å²) in [7, 11) is 2.18. The van der Waals surface area contributed by atoms with Gasteiger partial charge in [0.1, 0.15) is 0 Å². The Morgan fingerprint density at radius 3 is 2.78 bits per heavy atom. The molecule has 2 aromatic heterocycles. The minimum absolute atomic E-state index is 0.0972. The van der Waals surface area contributed by atoms with E-state index >= 15 is 0 Å². The van der Waals surface area contributed by atoms with E-state index in [9.17, 15) is 4.79 Å². The maximum absolute atomic E-state index is 12.6. The summed E-state index contributed by atoms with van der Waals surface area (Å²) in [5.41, 5.74) is 1.78. The normalized spacial score (nSPS) is 21.8. The first kappa shape index (κ1) is 18.1. The number of carbonyl (C=O) groups is 1. The predicted molar refractivity (Wildman–Crippen MR) is 102 cm³/mol. The molecule has 2 aromatic rings. The van der Waals surface area contributed by atoms with E-state index in [2.05, 4.69) is 21.9 Å². The van der Waals surface area contributed by atoms with E-state index in [0.717, 1.165) is 44.8 Å². The molecule has 2 saturated heterocycles. The van der Waals surface area contributed by atoms with Crippen molar-refractivity contribution in [2.45, 2.75) is 25.0 Å². The maximum Gasteiger partial charge on any atom is 0.254 e. The molecule has 6 nitrogen and oxygen atoms in total. The molecule has 0 N–H and O–H groups in total. The van der Waals surface area contributed by atoms with Crippen LogP contribution in [0.5, 0.6) is 0 Å². The Morgan fingerprint density at radius 2 is 2.04 bits per heavy atom. The number of likely N-dealkylation sites (tertiary alicyclic amines) is 2. The predicted octanol–water partition coefficient (Wildman–Crippen LogP) is 2.23. The Kier molecular flexibility index (Phi) is 5.18. The zero-order chi connectivity index (χ0) is 18.7. The summed E-state index contributed by atoms with van der Waals surface area (Å²) in [5.74, 6) is 0.632. The number of hydrogen-bond acceptors (Lipinski definition) is 5. The molecular weight excluding hydrogens is 340 g/mol. The van der Waals surface area contributed by atoms with E-state index in [1.165, 1.54) is 0 Å². The van der Waals surface area contributed by atoms with Crippen molar-refractivity contribution in [2.24, 2.45) is 5.92 Å². The van der Waals surface area contributed by atoms with Crippen LogP contribution in [-0.4, -0.2) is 64.5 Å². The molecule has 0 aromatic carbocycles. The van der Waals surface area contributed by atoms with E-state index in [0.29, 0.717) is 18.1 Å². The highest BCUT2D eigenvalue weighted by Crippen LogP contribution is 2.38. The van der Waals surface area contributed by atoms with Gasteiger partial charge in [0.15, 0.2) is 0 Å². The van der Waals surface area contributed by atoms with Crippen molar-refractivity contribution in [2.75, 3.05) is 33.3 Å². The largest absolute Gasteiger partial charge is 0.375 e. The second-order valence-corrected chi connectivity index (χ2v) is 7.74. The molecule has 0 unspecified atom stereocenters. The van der Waals surface area contributed by atoms with Crippen LogP contribution in [0.2, 0.25) is 0 Å². The quantitative estimate of drug-likeness (QED) is 0.812. The number of carbonyl (C=O) groups excluding carboxylic acids is 1. The van der Waals surface area contributed by atoms with Crippen LogP contribution in [0.1, 0.15) is 28.9 Å². The van der Waals surface area contributed by atoms with Crippen molar-refractivity contribution in [1.82, 2.24) is 19.8 Å². The van der Waals surface area contributed by atoms with Gasteiger partial charge in [-0.15, -0.1) is 0 Å². The third-order valence-electron chi connectivity index (χ3n) is 5.87. The fourth-order valence-corrected chi connectivity index (χ4v) is 4.22. The first-order chi connectivity index (χ1) is 13.2. The van der Waals surface area contributed by atoms with Gasteiger partial charge in [-0.3, -0.25) is 19.7 Å². The lowest BCUT2D eigenvalue weighted by atomic mass is 9.75. The number of amides is 1. The minimum atomic E-state index is 0.0972. The summed E-state index contributed by atoms with van der Waals surface area (Å²) >= 11 is 0. The summed E-state index contributed by atoms with van der Waals surface area (Å²) in [5, 5.41) is 0. The van der Waals surface area contributed by atoms with Crippen LogP contribution in [0.4, 0.5) is 0 Å². The van der Waals surface area contributed by atoms with Gasteiger partial charge in [0.05, 0.1) is 24.4 Å². The van der Waals surface area contributed by atoms with Crippen molar-refractivity contribution in [1.29, 1.82) is 0 Å². The molecule has 4 rings (SSSR count). The summed E-state index contributed by atoms with van der Waals surface area (Å²) in [6, 6.07) is 9.46. The smallest absolute Gasteiger partial charge is 0.254 e. The summed E-state index contributed by atoms with van der Waals surface area (Å²) in [6.07, 6.45) is 7.35. The van der Waals surface area contributed by atoms with Gasteiger partial charge in [0.2, 0.25) is 0 Å². The molecule has 0 saturated carbocycles. The molecule has 142 valence electrons. The molecule has 2 fully saturated rings. The number of likely N-dealkylation sites (N-methyl/N-ethyl adjacent to an activating group) is 1. The van der Waals surface area contributed by atoms with Crippen molar-refractivity contribution in [3.8, 4) is 0 Å². The van der Waals surface area contributed by atoms with E-state index in [-0.39, 0.29) is 11.4 Å². The minimum Gasteiger partial charge on any atom is -0.375 e. The van der Waals surface area contributed by atoms with Gasteiger partial charge < -0.3 is 9.64 Å². The number of hydrogen-bond donors (Lipinski definition) is 0. The molecule has 1 amide bonds. The molecule has 4 heterocycles. The van der Waals surface area contributed by atoms with E-state index in [1.807, 2.05) is 23.1 Å². The van der Waals surface area contributed by atoms with Crippen LogP contribution >= 0.6 is 0 Å². The Labute approximate surface area is 160 Å². The highest BCUT2D eigenvalue weighted by Gasteiger charge is 2.50. The van der Waals surface area contributed by atoms with Crippen molar-refractivity contribution >= 4 is 5.91 Å². The second-order valence-electron chi connectivity index (χ2n) is 7.74. The average Bonchev–Trinajstić information content (AvgIpc) is 2.68. The zero-order valence-corrected chi connectivity index (χ0v) is 15.8. The molecule has 27 heavy (non-hydrogen) atoms. The van der Waals surface area contributed by atoms with Crippen LogP contribution in [0.3, 0.4) is 0 Å². The van der Waals surface area contributed by atoms with Crippen LogP contribution in [0, 0.1) is 5.92 Å². The monoisotopic (exact) mass is 366 g/mol. The topological polar surface area (TPSA) is 58.6 Å². The molecule has 2 aliphatic heterocycles. The number of rotatable bonds is 5. The van der Waals surface area contributed by atoms with E-state index in [4.69, 9.17) is 4.74 Å². The second kappa shape index (κ2) is 7.74. The Morgan fingerprint density at radius 1 is 1.22 bits per heavy atom.